The van der Waals surface area contributed by atoms with Gasteiger partial charge in [-0.1, -0.05) is 0 Å². The fourth-order valence-corrected chi connectivity index (χ4v) is 1.86. The zero-order valence-corrected chi connectivity index (χ0v) is 14.3. The molecule has 1 rings (SSSR count). The van der Waals surface area contributed by atoms with Crippen molar-refractivity contribution < 1.29 is 81.4 Å². The second-order valence-electron chi connectivity index (χ2n) is 2.29. The van der Waals surface area contributed by atoms with Crippen molar-refractivity contribution in [2.24, 2.45) is 0 Å². The van der Waals surface area contributed by atoms with Crippen molar-refractivity contribution in [1.82, 2.24) is 0 Å². The molecule has 9 heteroatoms. The van der Waals surface area contributed by atoms with E-state index in [9.17, 15) is 22.3 Å². The monoisotopic (exact) mass is 278 g/mol. The molecule has 0 radical (unpaired) electrons. The van der Waals surface area contributed by atoms with Crippen LogP contribution in [0.3, 0.4) is 0 Å². The van der Waals surface area contributed by atoms with Crippen LogP contribution in [0.5, 0.6) is 0 Å². The van der Waals surface area contributed by atoms with Crippen LogP contribution in [0.25, 0.3) is 0 Å². The molecule has 5 nitrogen and oxygen atoms in total. The molecule has 0 aliphatic carbocycles. The first-order valence-electron chi connectivity index (χ1n) is 3.34. The Bertz CT molecular complexity index is 423. The molecule has 76 valence electrons. The molecule has 0 aromatic heterocycles. The Kier molecular flexibility index (Phi) is 11.1. The van der Waals surface area contributed by atoms with Crippen molar-refractivity contribution in [2.75, 3.05) is 0 Å². The molecule has 0 fully saturated rings. The predicted molar refractivity (Wildman–Crippen MR) is 46.2 cm³/mol. The summed E-state index contributed by atoms with van der Waals surface area (Å²) in [6.45, 7) is 0. The third kappa shape index (κ3) is 5.18. The van der Waals surface area contributed by atoms with Crippen molar-refractivity contribution in [2.45, 2.75) is 9.79 Å². The number of aldehydes is 1. The summed E-state index contributed by atoms with van der Waals surface area (Å²) in [5, 5.41) is 0. The van der Waals surface area contributed by atoms with Gasteiger partial charge in [0.25, 0.3) is 0 Å². The molecule has 0 N–H and O–H groups in total. The largest absolute Gasteiger partial charge is 1.00 e. The van der Waals surface area contributed by atoms with Crippen LogP contribution in [0, 0.1) is 0 Å². The van der Waals surface area contributed by atoms with Gasteiger partial charge in [-0.2, -0.15) is 0 Å². The molecular formula is C7H4Na2O5S2. The molecule has 2 unspecified atom stereocenters. The van der Waals surface area contributed by atoms with E-state index in [-0.39, 0.29) is 74.5 Å². The summed E-state index contributed by atoms with van der Waals surface area (Å²) in [5.74, 6) is 0. The summed E-state index contributed by atoms with van der Waals surface area (Å²) in [7, 11) is 0. The van der Waals surface area contributed by atoms with Crippen molar-refractivity contribution in [1.29, 1.82) is 0 Å². The van der Waals surface area contributed by atoms with E-state index in [4.69, 9.17) is 0 Å². The number of rotatable bonds is 3. The SMILES string of the molecule is O=Cc1ccc(S(=O)[O-])cc1S(=O)[O-].[Na+].[Na+]. The molecule has 0 bridgehead atoms. The molecular weight excluding hydrogens is 274 g/mol. The smallest absolute Gasteiger partial charge is 0.768 e. The number of benzene rings is 1. The third-order valence-corrected chi connectivity index (χ3v) is 2.84. The van der Waals surface area contributed by atoms with Crippen LogP contribution in [0.4, 0.5) is 0 Å². The fourth-order valence-electron chi connectivity index (χ4n) is 0.860. The Balaban J connectivity index is 0. The Morgan fingerprint density at radius 2 is 1.62 bits per heavy atom. The van der Waals surface area contributed by atoms with Gasteiger partial charge in [-0.05, 0) is 40.4 Å². The summed E-state index contributed by atoms with van der Waals surface area (Å²) in [4.78, 5) is 9.90. The summed E-state index contributed by atoms with van der Waals surface area (Å²) >= 11 is -5.13. The van der Waals surface area contributed by atoms with Crippen LogP contribution in [0.1, 0.15) is 10.4 Å². The average molecular weight is 278 g/mol. The number of hydrogen-bond acceptors (Lipinski definition) is 5. The van der Waals surface area contributed by atoms with E-state index in [1.54, 1.807) is 0 Å². The minimum Gasteiger partial charge on any atom is -0.768 e. The molecule has 1 aromatic carbocycles. The van der Waals surface area contributed by atoms with E-state index in [1.165, 1.54) is 0 Å². The van der Waals surface area contributed by atoms with Gasteiger partial charge in [-0.15, -0.1) is 0 Å². The van der Waals surface area contributed by atoms with Gasteiger partial charge in [0.15, 0.2) is 6.29 Å². The molecule has 0 aliphatic rings. The second-order valence-corrected chi connectivity index (χ2v) is 4.14. The molecule has 0 aliphatic heterocycles. The van der Waals surface area contributed by atoms with Gasteiger partial charge in [0.05, 0.1) is 0 Å². The topological polar surface area (TPSA) is 97.3 Å². The van der Waals surface area contributed by atoms with Crippen LogP contribution < -0.4 is 59.1 Å². The van der Waals surface area contributed by atoms with Crippen LogP contribution in [-0.4, -0.2) is 23.8 Å². The van der Waals surface area contributed by atoms with Crippen molar-refractivity contribution >= 4 is 28.4 Å². The van der Waals surface area contributed by atoms with Gasteiger partial charge in [-0.3, -0.25) is 13.2 Å². The van der Waals surface area contributed by atoms with Crippen LogP contribution in [0.2, 0.25) is 0 Å². The normalized spacial score (nSPS) is 12.9. The maximum Gasteiger partial charge on any atom is 1.00 e. The second kappa shape index (κ2) is 9.09. The Morgan fingerprint density at radius 1 is 1.06 bits per heavy atom. The van der Waals surface area contributed by atoms with E-state index in [2.05, 4.69) is 0 Å². The number of carbonyl (C=O) groups excluding carboxylic acids is 1. The van der Waals surface area contributed by atoms with Crippen molar-refractivity contribution in [3.8, 4) is 0 Å². The third-order valence-electron chi connectivity index (χ3n) is 1.48. The first-order chi connectivity index (χ1) is 6.56. The average Bonchev–Trinajstić information content (AvgIpc) is 2.16. The maximum atomic E-state index is 10.6. The fraction of sp³-hybridized carbons (Fsp3) is 0. The summed E-state index contributed by atoms with van der Waals surface area (Å²) in [6.07, 6.45) is 0.350. The molecule has 2 atom stereocenters. The van der Waals surface area contributed by atoms with Crippen LogP contribution in [0.15, 0.2) is 28.0 Å². The predicted octanol–water partition coefficient (Wildman–Crippen LogP) is -6.02. The molecule has 0 spiro atoms. The Labute approximate surface area is 142 Å². The van der Waals surface area contributed by atoms with Crippen molar-refractivity contribution in [3.63, 3.8) is 0 Å². The quantitative estimate of drug-likeness (QED) is 0.311. The summed E-state index contributed by atoms with van der Waals surface area (Å²) in [5.41, 5.74) is -0.0625. The van der Waals surface area contributed by atoms with E-state index in [1.807, 2.05) is 0 Å². The van der Waals surface area contributed by atoms with Gasteiger partial charge < -0.3 is 9.11 Å². The van der Waals surface area contributed by atoms with E-state index in [0.717, 1.165) is 18.2 Å². The number of hydrogen-bond donors (Lipinski definition) is 0. The van der Waals surface area contributed by atoms with Crippen LogP contribution >= 0.6 is 0 Å². The number of carbonyl (C=O) groups is 1. The van der Waals surface area contributed by atoms with Gasteiger partial charge in [0.2, 0.25) is 0 Å². The zero-order valence-electron chi connectivity index (χ0n) is 8.67. The zero-order chi connectivity index (χ0) is 10.7. The first kappa shape index (κ1) is 19.4. The minimum absolute atomic E-state index is 0. The molecule has 0 amide bonds. The maximum absolute atomic E-state index is 10.6. The first-order valence-corrected chi connectivity index (χ1v) is 5.49. The minimum atomic E-state index is -2.62. The molecule has 0 saturated heterocycles. The Morgan fingerprint density at radius 3 is 2.00 bits per heavy atom. The molecule has 0 heterocycles. The van der Waals surface area contributed by atoms with Crippen LogP contribution in [-0.2, 0) is 22.2 Å². The molecule has 1 aromatic rings. The van der Waals surface area contributed by atoms with Gasteiger partial charge in [0.1, 0.15) is 0 Å². The van der Waals surface area contributed by atoms with Crippen molar-refractivity contribution in [3.05, 3.63) is 23.8 Å². The van der Waals surface area contributed by atoms with E-state index < -0.39 is 22.2 Å². The van der Waals surface area contributed by atoms with E-state index in [0.29, 0.717) is 6.29 Å². The molecule has 16 heavy (non-hydrogen) atoms. The van der Waals surface area contributed by atoms with Gasteiger partial charge >= 0.3 is 59.1 Å². The molecule has 0 saturated carbocycles. The van der Waals surface area contributed by atoms with E-state index >= 15 is 0 Å². The summed E-state index contributed by atoms with van der Waals surface area (Å²) < 4.78 is 42.2. The standard InChI is InChI=1S/C7H6O5S2.2Na/c8-4-5-1-2-6(13(9)10)3-7(5)14(11)12;;/h1-4H,(H,9,10)(H,11,12);;/q;2*+1/p-2. The van der Waals surface area contributed by atoms with Gasteiger partial charge in [-0.25, -0.2) is 0 Å². The van der Waals surface area contributed by atoms with Gasteiger partial charge in [0, 0.05) is 15.4 Å². The summed E-state index contributed by atoms with van der Waals surface area (Å²) in [6, 6.07) is 3.22. The Hall–Kier alpha value is 1.11.